The minimum Gasteiger partial charge on any atom is -0.383 e. The van der Waals surface area contributed by atoms with Crippen molar-refractivity contribution in [3.63, 3.8) is 0 Å². The molecule has 0 saturated carbocycles. The number of nitrogens with one attached hydrogen (secondary N) is 1. The molecule has 0 spiro atoms. The van der Waals surface area contributed by atoms with Crippen molar-refractivity contribution in [2.45, 2.75) is 0 Å². The number of carbonyl (C=O) groups is 1. The fourth-order valence-electron chi connectivity index (χ4n) is 2.95. The molecule has 0 saturated heterocycles. The summed E-state index contributed by atoms with van der Waals surface area (Å²) in [6.45, 7) is 3.92. The lowest BCUT2D eigenvalue weighted by atomic mass is 10.2. The monoisotopic (exact) mass is 404 g/mol. The largest absolute Gasteiger partial charge is 0.383 e. The first kappa shape index (κ1) is 18.6. The molecule has 4 rings (SSSR count). The lowest BCUT2D eigenvalue weighted by molar-refractivity contribution is 0.0960. The van der Waals surface area contributed by atoms with Crippen molar-refractivity contribution in [2.24, 2.45) is 5.10 Å². The summed E-state index contributed by atoms with van der Waals surface area (Å²) in [5, 5.41) is 7.77. The maximum atomic E-state index is 12.7. The lowest BCUT2D eigenvalue weighted by Crippen LogP contribution is -2.24. The standard InChI is InChI=1S/C21H17ClN6O/c1-2-10-24-21(29)17-18-20(27-16-9-4-3-8-15(16)26-18)28(19(17)23)25-12-13-6-5-7-14(22)11-13/h2-9,11-12H,1,10,23H2,(H,24,29)/b25-12+. The van der Waals surface area contributed by atoms with E-state index >= 15 is 0 Å². The average Bonchev–Trinajstić information content (AvgIpc) is 2.99. The fraction of sp³-hybridized carbons (Fsp3) is 0.0476. The molecular weight excluding hydrogens is 388 g/mol. The molecule has 7 nitrogen and oxygen atoms in total. The van der Waals surface area contributed by atoms with Gasteiger partial charge in [-0.25, -0.2) is 9.97 Å². The molecule has 8 heteroatoms. The van der Waals surface area contributed by atoms with E-state index in [1.807, 2.05) is 36.4 Å². The van der Waals surface area contributed by atoms with Crippen LogP contribution in [0.15, 0.2) is 66.3 Å². The van der Waals surface area contributed by atoms with Crippen LogP contribution in [-0.4, -0.2) is 33.3 Å². The summed E-state index contributed by atoms with van der Waals surface area (Å²) >= 11 is 6.04. The molecule has 2 aromatic carbocycles. The van der Waals surface area contributed by atoms with Gasteiger partial charge in [-0.1, -0.05) is 41.9 Å². The summed E-state index contributed by atoms with van der Waals surface area (Å²) in [6, 6.07) is 14.6. The van der Waals surface area contributed by atoms with Crippen LogP contribution in [0.1, 0.15) is 15.9 Å². The minimum atomic E-state index is -0.367. The molecule has 29 heavy (non-hydrogen) atoms. The van der Waals surface area contributed by atoms with Crippen molar-refractivity contribution in [1.29, 1.82) is 0 Å². The smallest absolute Gasteiger partial charge is 0.257 e. The van der Waals surface area contributed by atoms with Gasteiger partial charge in [0, 0.05) is 11.6 Å². The highest BCUT2D eigenvalue weighted by atomic mass is 35.5. The van der Waals surface area contributed by atoms with Gasteiger partial charge < -0.3 is 11.1 Å². The molecule has 3 N–H and O–H groups in total. The van der Waals surface area contributed by atoms with E-state index in [2.05, 4.69) is 27.0 Å². The number of fused-ring (bicyclic) bond motifs is 2. The van der Waals surface area contributed by atoms with E-state index in [0.29, 0.717) is 33.8 Å². The maximum Gasteiger partial charge on any atom is 0.257 e. The van der Waals surface area contributed by atoms with Gasteiger partial charge in [-0.05, 0) is 29.8 Å². The number of nitrogens with zero attached hydrogens (tertiary/aromatic N) is 4. The first-order chi connectivity index (χ1) is 14.1. The molecule has 0 atom stereocenters. The first-order valence-electron chi connectivity index (χ1n) is 8.84. The number of rotatable bonds is 5. The molecule has 0 aliphatic carbocycles. The number of halogens is 1. The van der Waals surface area contributed by atoms with Gasteiger partial charge in [-0.3, -0.25) is 4.79 Å². The van der Waals surface area contributed by atoms with E-state index < -0.39 is 0 Å². The highest BCUT2D eigenvalue weighted by molar-refractivity contribution is 6.30. The van der Waals surface area contributed by atoms with Crippen molar-refractivity contribution < 1.29 is 4.79 Å². The number of hydrogen-bond donors (Lipinski definition) is 2. The SMILES string of the molecule is C=CCNC(=O)c1c(N)n(/N=C/c2cccc(Cl)c2)c2nc3ccccc3nc12. The second-order valence-electron chi connectivity index (χ2n) is 6.25. The zero-order chi connectivity index (χ0) is 20.4. The lowest BCUT2D eigenvalue weighted by Gasteiger charge is -2.02. The Kier molecular flexibility index (Phi) is 4.97. The van der Waals surface area contributed by atoms with Gasteiger partial charge in [0.25, 0.3) is 5.91 Å². The molecule has 144 valence electrons. The highest BCUT2D eigenvalue weighted by Gasteiger charge is 2.23. The van der Waals surface area contributed by atoms with Crippen LogP contribution in [0.3, 0.4) is 0 Å². The second kappa shape index (κ2) is 7.73. The molecule has 0 radical (unpaired) electrons. The van der Waals surface area contributed by atoms with E-state index in [0.717, 1.165) is 5.56 Å². The Morgan fingerprint density at radius 2 is 1.97 bits per heavy atom. The van der Waals surface area contributed by atoms with E-state index in [4.69, 9.17) is 17.3 Å². The van der Waals surface area contributed by atoms with E-state index in [9.17, 15) is 4.79 Å². The van der Waals surface area contributed by atoms with Crippen molar-refractivity contribution in [3.05, 3.63) is 77.3 Å². The Morgan fingerprint density at radius 3 is 2.69 bits per heavy atom. The van der Waals surface area contributed by atoms with Crippen molar-refractivity contribution in [2.75, 3.05) is 12.3 Å². The number of para-hydroxylation sites is 2. The molecule has 0 aliphatic rings. The summed E-state index contributed by atoms with van der Waals surface area (Å²) in [5.41, 5.74) is 9.42. The quantitative estimate of drug-likeness (QED) is 0.392. The topological polar surface area (TPSA) is 98.2 Å². The van der Waals surface area contributed by atoms with Crippen LogP contribution < -0.4 is 11.1 Å². The van der Waals surface area contributed by atoms with E-state index in [1.165, 1.54) is 4.68 Å². The first-order valence-corrected chi connectivity index (χ1v) is 9.22. The number of benzene rings is 2. The number of carbonyl (C=O) groups excluding carboxylic acids is 1. The number of amides is 1. The third kappa shape index (κ3) is 3.55. The third-order valence-electron chi connectivity index (χ3n) is 4.28. The average molecular weight is 405 g/mol. The third-order valence-corrected chi connectivity index (χ3v) is 4.51. The summed E-state index contributed by atoms with van der Waals surface area (Å²) in [6.07, 6.45) is 3.19. The predicted molar refractivity (Wildman–Crippen MR) is 116 cm³/mol. The Labute approximate surface area is 171 Å². The minimum absolute atomic E-state index is 0.148. The Morgan fingerprint density at radius 1 is 1.21 bits per heavy atom. The molecule has 4 aromatic rings. The van der Waals surface area contributed by atoms with Crippen molar-refractivity contribution >= 4 is 51.7 Å². The molecule has 2 aromatic heterocycles. The van der Waals surface area contributed by atoms with E-state index in [1.54, 1.807) is 24.4 Å². The molecule has 2 heterocycles. The van der Waals surface area contributed by atoms with Crippen LogP contribution in [-0.2, 0) is 0 Å². The number of nitrogen functional groups attached to an aromatic ring is 1. The zero-order valence-electron chi connectivity index (χ0n) is 15.3. The molecule has 0 unspecified atom stereocenters. The van der Waals surface area contributed by atoms with Gasteiger partial charge in [-0.15, -0.1) is 6.58 Å². The van der Waals surface area contributed by atoms with Gasteiger partial charge in [0.1, 0.15) is 16.9 Å². The van der Waals surface area contributed by atoms with Gasteiger partial charge in [-0.2, -0.15) is 9.78 Å². The highest BCUT2D eigenvalue weighted by Crippen LogP contribution is 2.27. The number of hydrogen-bond acceptors (Lipinski definition) is 5. The molecule has 0 bridgehead atoms. The van der Waals surface area contributed by atoms with Gasteiger partial charge >= 0.3 is 0 Å². The van der Waals surface area contributed by atoms with Crippen molar-refractivity contribution in [1.82, 2.24) is 20.0 Å². The van der Waals surface area contributed by atoms with Gasteiger partial charge in [0.15, 0.2) is 5.65 Å². The predicted octanol–water partition coefficient (Wildman–Crippen LogP) is 3.62. The van der Waals surface area contributed by atoms with Crippen LogP contribution in [0.5, 0.6) is 0 Å². The van der Waals surface area contributed by atoms with Crippen LogP contribution in [0.2, 0.25) is 5.02 Å². The molecule has 0 fully saturated rings. The number of anilines is 1. The van der Waals surface area contributed by atoms with Crippen molar-refractivity contribution in [3.8, 4) is 0 Å². The zero-order valence-corrected chi connectivity index (χ0v) is 16.1. The Balaban J connectivity index is 1.92. The van der Waals surface area contributed by atoms with Crippen LogP contribution >= 0.6 is 11.6 Å². The van der Waals surface area contributed by atoms with Gasteiger partial charge in [0.2, 0.25) is 0 Å². The van der Waals surface area contributed by atoms with Crippen LogP contribution in [0, 0.1) is 0 Å². The fourth-order valence-corrected chi connectivity index (χ4v) is 3.15. The summed E-state index contributed by atoms with van der Waals surface area (Å²) in [5.74, 6) is -0.219. The van der Waals surface area contributed by atoms with Crippen LogP contribution in [0.4, 0.5) is 5.82 Å². The second-order valence-corrected chi connectivity index (χ2v) is 6.69. The maximum absolute atomic E-state index is 12.7. The summed E-state index contributed by atoms with van der Waals surface area (Å²) < 4.78 is 1.42. The Hall–Kier alpha value is -3.71. The normalized spacial score (nSPS) is 11.3. The number of aromatic nitrogens is 3. The molecular formula is C21H17ClN6O. The van der Waals surface area contributed by atoms with Crippen LogP contribution in [0.25, 0.3) is 22.2 Å². The van der Waals surface area contributed by atoms with E-state index in [-0.39, 0.29) is 17.3 Å². The molecule has 0 aliphatic heterocycles. The molecule has 1 amide bonds. The summed E-state index contributed by atoms with van der Waals surface area (Å²) in [4.78, 5) is 22.0. The number of nitrogens with two attached hydrogens (primary N) is 1. The summed E-state index contributed by atoms with van der Waals surface area (Å²) in [7, 11) is 0. The van der Waals surface area contributed by atoms with Gasteiger partial charge in [0.05, 0.1) is 17.2 Å². The Bertz CT molecular complexity index is 1280.